The topological polar surface area (TPSA) is 172 Å². The molecule has 0 saturated carbocycles. The Morgan fingerprint density at radius 2 is 1.50 bits per heavy atom. The van der Waals surface area contributed by atoms with E-state index in [0.29, 0.717) is 69.7 Å². The summed E-state index contributed by atoms with van der Waals surface area (Å²) in [5.74, 6) is -0.993. The van der Waals surface area contributed by atoms with Crippen LogP contribution in [0, 0.1) is 10.8 Å². The molecule has 1 saturated heterocycles. The molecule has 5 rings (SSSR count). The number of carbonyl (C=O) groups is 3. The minimum absolute atomic E-state index is 0.0275. The number of esters is 1. The number of rotatable bonds is 24. The first-order valence-electron chi connectivity index (χ1n) is 22.0. The summed E-state index contributed by atoms with van der Waals surface area (Å²) in [5, 5.41) is 23.4. The van der Waals surface area contributed by atoms with E-state index in [1.807, 2.05) is 75.4 Å². The van der Waals surface area contributed by atoms with Crippen molar-refractivity contribution < 1.29 is 38.1 Å². The molecule has 13 heteroatoms. The van der Waals surface area contributed by atoms with Crippen LogP contribution in [0.4, 0.5) is 11.4 Å². The zero-order valence-corrected chi connectivity index (χ0v) is 36.7. The predicted octanol–water partition coefficient (Wildman–Crippen LogP) is 7.80. The van der Waals surface area contributed by atoms with Gasteiger partial charge in [0.05, 0.1) is 75.7 Å². The number of nitrogens with one attached hydrogen (secondary N) is 4. The number of carbonyl (C=O) groups excluding carboxylic acids is 3. The zero-order valence-electron chi connectivity index (χ0n) is 36.7. The molecule has 0 unspecified atom stereocenters. The van der Waals surface area contributed by atoms with Crippen LogP contribution in [0.3, 0.4) is 0 Å². The molecule has 0 bridgehead atoms. The Morgan fingerprint density at radius 3 is 2.21 bits per heavy atom. The summed E-state index contributed by atoms with van der Waals surface area (Å²) in [5.41, 5.74) is 5.29. The number of allylic oxidation sites excluding steroid dienone is 1. The van der Waals surface area contributed by atoms with Crippen LogP contribution in [-0.4, -0.2) is 101 Å². The van der Waals surface area contributed by atoms with Crippen molar-refractivity contribution in [3.05, 3.63) is 106 Å². The van der Waals surface area contributed by atoms with Gasteiger partial charge in [0, 0.05) is 42.7 Å². The van der Waals surface area contributed by atoms with Gasteiger partial charge >= 0.3 is 5.97 Å². The standard InChI is InChI=1S/C49H65N5O8/c1-49(2,3)62-46(55)21-25-59-27-29-61-31-30-60-28-26-58-24-11-13-36-12-9-16-38(32-36)47(56)53-45-20-19-40(54-22-7-4-8-23-54)34-42(45)43(51)33-39(35-50)48(57)52-44-18-10-15-37-14-5-6-17-41(37)44/h5-6,9,12,14,16-17,19-20,32-35,44,50-51H,4,7-8,10-11,13,15,18,21-31H2,1-3H3,(H,52,57)(H,53,56)/b39-33+,50-35?,51-43?/t44-/m0/s1. The second-order valence-electron chi connectivity index (χ2n) is 16.6. The first kappa shape index (κ1) is 47.8. The number of anilines is 2. The molecule has 0 aromatic heterocycles. The van der Waals surface area contributed by atoms with Crippen molar-refractivity contribution in [1.29, 1.82) is 10.8 Å². The molecule has 334 valence electrons. The highest BCUT2D eigenvalue weighted by Gasteiger charge is 2.24. The number of hydrogen-bond acceptors (Lipinski definition) is 11. The van der Waals surface area contributed by atoms with Crippen molar-refractivity contribution in [2.24, 2.45) is 0 Å². The summed E-state index contributed by atoms with van der Waals surface area (Å²) in [6, 6.07) is 21.2. The Morgan fingerprint density at radius 1 is 0.806 bits per heavy atom. The lowest BCUT2D eigenvalue weighted by molar-refractivity contribution is -0.156. The van der Waals surface area contributed by atoms with Gasteiger partial charge in [0.1, 0.15) is 5.60 Å². The lowest BCUT2D eigenvalue weighted by Gasteiger charge is -2.29. The molecule has 62 heavy (non-hydrogen) atoms. The third kappa shape index (κ3) is 15.9. The van der Waals surface area contributed by atoms with Crippen molar-refractivity contribution in [3.63, 3.8) is 0 Å². The number of ether oxygens (including phenoxy) is 5. The molecule has 13 nitrogen and oxygen atoms in total. The predicted molar refractivity (Wildman–Crippen MR) is 243 cm³/mol. The molecule has 2 amide bonds. The first-order chi connectivity index (χ1) is 30.0. The number of piperidine rings is 1. The smallest absolute Gasteiger partial charge is 0.308 e. The summed E-state index contributed by atoms with van der Waals surface area (Å²) < 4.78 is 27.5. The summed E-state index contributed by atoms with van der Waals surface area (Å²) in [4.78, 5) is 41.2. The molecular weight excluding hydrogens is 787 g/mol. The van der Waals surface area contributed by atoms with Gasteiger partial charge in [-0.2, -0.15) is 0 Å². The Balaban J connectivity index is 1.07. The SMILES string of the molecule is CC(C)(C)OC(=O)CCOCCOCCOCCOCCCc1cccc(C(=O)Nc2ccc(N3CCCCC3)cc2C(=N)/C=C(\C=N)C(=O)N[C@H]2CCCc3ccccc32)c1. The lowest BCUT2D eigenvalue weighted by Crippen LogP contribution is -2.32. The number of benzene rings is 3. The van der Waals surface area contributed by atoms with Crippen LogP contribution >= 0.6 is 0 Å². The molecule has 0 radical (unpaired) electrons. The van der Waals surface area contributed by atoms with E-state index < -0.39 is 11.5 Å². The van der Waals surface area contributed by atoms with Crippen LogP contribution in [0.5, 0.6) is 0 Å². The van der Waals surface area contributed by atoms with Gasteiger partial charge in [0.25, 0.3) is 11.8 Å². The number of amides is 2. The molecule has 1 fully saturated rings. The van der Waals surface area contributed by atoms with Crippen LogP contribution in [0.2, 0.25) is 0 Å². The maximum Gasteiger partial charge on any atom is 0.308 e. The van der Waals surface area contributed by atoms with E-state index in [-0.39, 0.29) is 35.6 Å². The van der Waals surface area contributed by atoms with Gasteiger partial charge in [-0.3, -0.25) is 14.4 Å². The fourth-order valence-electron chi connectivity index (χ4n) is 7.52. The van der Waals surface area contributed by atoms with Crippen LogP contribution < -0.4 is 15.5 Å². The van der Waals surface area contributed by atoms with E-state index in [9.17, 15) is 19.8 Å². The lowest BCUT2D eigenvalue weighted by atomic mass is 9.87. The van der Waals surface area contributed by atoms with Crippen molar-refractivity contribution in [2.45, 2.75) is 90.2 Å². The Hall–Kier alpha value is -5.21. The second kappa shape index (κ2) is 25.0. The van der Waals surface area contributed by atoms with Crippen molar-refractivity contribution in [2.75, 3.05) is 76.2 Å². The van der Waals surface area contributed by atoms with E-state index in [1.54, 1.807) is 6.07 Å². The minimum Gasteiger partial charge on any atom is -0.460 e. The van der Waals surface area contributed by atoms with Gasteiger partial charge in [-0.15, -0.1) is 0 Å². The summed E-state index contributed by atoms with van der Waals surface area (Å²) in [6.45, 7) is 10.7. The molecule has 0 spiro atoms. The largest absolute Gasteiger partial charge is 0.460 e. The van der Waals surface area contributed by atoms with Crippen LogP contribution in [0.25, 0.3) is 0 Å². The van der Waals surface area contributed by atoms with Crippen molar-refractivity contribution >= 4 is 41.1 Å². The van der Waals surface area contributed by atoms with Crippen LogP contribution in [0.1, 0.15) is 104 Å². The van der Waals surface area contributed by atoms with Gasteiger partial charge in [0.2, 0.25) is 0 Å². The van der Waals surface area contributed by atoms with Gasteiger partial charge in [-0.05, 0) is 125 Å². The number of hydrogen-bond donors (Lipinski definition) is 4. The van der Waals surface area contributed by atoms with E-state index in [2.05, 4.69) is 21.6 Å². The molecule has 1 aliphatic carbocycles. The number of nitrogens with zero attached hydrogens (tertiary/aromatic N) is 1. The van der Waals surface area contributed by atoms with Gasteiger partial charge in [-0.1, -0.05) is 36.4 Å². The summed E-state index contributed by atoms with van der Waals surface area (Å²) in [7, 11) is 0. The van der Waals surface area contributed by atoms with Crippen LogP contribution in [-0.2, 0) is 46.1 Å². The van der Waals surface area contributed by atoms with Gasteiger partial charge < -0.3 is 50.0 Å². The average Bonchev–Trinajstić information content (AvgIpc) is 3.26. The third-order valence-corrected chi connectivity index (χ3v) is 10.6. The molecule has 2 aliphatic rings. The highest BCUT2D eigenvalue weighted by atomic mass is 16.6. The highest BCUT2D eigenvalue weighted by molar-refractivity contribution is 6.21. The zero-order chi connectivity index (χ0) is 44.2. The molecular formula is C49H65N5O8. The van der Waals surface area contributed by atoms with Crippen molar-refractivity contribution in [3.8, 4) is 0 Å². The summed E-state index contributed by atoms with van der Waals surface area (Å²) in [6.07, 6.45) is 10.2. The molecule has 1 aliphatic heterocycles. The van der Waals surface area contributed by atoms with Crippen molar-refractivity contribution in [1.82, 2.24) is 5.32 Å². The Labute approximate surface area is 366 Å². The first-order valence-corrected chi connectivity index (χ1v) is 22.0. The van der Waals surface area contributed by atoms with E-state index in [4.69, 9.17) is 29.1 Å². The maximum atomic E-state index is 13.7. The van der Waals surface area contributed by atoms with Crippen LogP contribution in [0.15, 0.2) is 78.4 Å². The third-order valence-electron chi connectivity index (χ3n) is 10.6. The quantitative estimate of drug-likeness (QED) is 0.0304. The second-order valence-corrected chi connectivity index (χ2v) is 16.6. The van der Waals surface area contributed by atoms with E-state index in [1.165, 1.54) is 18.1 Å². The highest BCUT2D eigenvalue weighted by Crippen LogP contribution is 2.30. The van der Waals surface area contributed by atoms with E-state index >= 15 is 0 Å². The molecule has 1 atom stereocenters. The van der Waals surface area contributed by atoms with Gasteiger partial charge in [-0.25, -0.2) is 0 Å². The number of aryl methyl sites for hydroxylation is 2. The Bertz CT molecular complexity index is 1990. The fourth-order valence-corrected chi connectivity index (χ4v) is 7.52. The molecule has 4 N–H and O–H groups in total. The fraction of sp³-hybridized carbons (Fsp3) is 0.490. The van der Waals surface area contributed by atoms with E-state index in [0.717, 1.165) is 81.1 Å². The normalized spacial score (nSPS) is 15.4. The maximum absolute atomic E-state index is 13.7. The monoisotopic (exact) mass is 851 g/mol. The minimum atomic E-state index is -0.497. The van der Waals surface area contributed by atoms with Gasteiger partial charge in [0.15, 0.2) is 0 Å². The number of fused-ring (bicyclic) bond motifs is 1. The molecule has 3 aromatic carbocycles. The molecule has 1 heterocycles. The molecule has 3 aromatic rings. The average molecular weight is 852 g/mol. The summed E-state index contributed by atoms with van der Waals surface area (Å²) >= 11 is 0. The Kier molecular flexibility index (Phi) is 19.3.